The number of aliphatic hydroxyl groups is 3. The molecule has 3 N–H and O–H groups in total. The lowest BCUT2D eigenvalue weighted by atomic mass is 9.92. The number of thiazole rings is 1. The third-order valence-corrected chi connectivity index (χ3v) is 7.80. The summed E-state index contributed by atoms with van der Waals surface area (Å²) in [7, 11) is 0. The molecular formula is C26H23F3N6O4S. The van der Waals surface area contributed by atoms with Crippen LogP contribution in [0.15, 0.2) is 42.7 Å². The summed E-state index contributed by atoms with van der Waals surface area (Å²) in [6, 6.07) is 6.21. The first-order chi connectivity index (χ1) is 19.2. The largest absolute Gasteiger partial charge is 0.394 e. The Kier molecular flexibility index (Phi) is 6.67. The topological polar surface area (TPSA) is 131 Å². The van der Waals surface area contributed by atoms with Gasteiger partial charge >= 0.3 is 0 Å². The molecule has 0 amide bonds. The molecule has 2 aromatic carbocycles. The molecule has 0 radical (unpaired) electrons. The van der Waals surface area contributed by atoms with Gasteiger partial charge in [0.1, 0.15) is 36.3 Å². The smallest absolute Gasteiger partial charge is 0.195 e. The minimum Gasteiger partial charge on any atom is -0.394 e. The highest BCUT2D eigenvalue weighted by Gasteiger charge is 2.48. The van der Waals surface area contributed by atoms with Crippen LogP contribution in [0, 0.1) is 31.3 Å². The van der Waals surface area contributed by atoms with Gasteiger partial charge in [-0.1, -0.05) is 0 Å². The highest BCUT2D eigenvalue weighted by molar-refractivity contribution is 7.18. The second kappa shape index (κ2) is 10.1. The van der Waals surface area contributed by atoms with Crippen LogP contribution in [-0.4, -0.2) is 69.8 Å². The van der Waals surface area contributed by atoms with Gasteiger partial charge in [-0.3, -0.25) is 4.68 Å². The Morgan fingerprint density at radius 1 is 1.02 bits per heavy atom. The van der Waals surface area contributed by atoms with E-state index in [4.69, 9.17) is 4.74 Å². The van der Waals surface area contributed by atoms with Crippen molar-refractivity contribution in [2.75, 3.05) is 6.61 Å². The second-order valence-corrected chi connectivity index (χ2v) is 10.7. The first-order valence-corrected chi connectivity index (χ1v) is 13.1. The van der Waals surface area contributed by atoms with Gasteiger partial charge in [-0.25, -0.2) is 27.8 Å². The van der Waals surface area contributed by atoms with Crippen molar-refractivity contribution in [1.29, 1.82) is 0 Å². The van der Waals surface area contributed by atoms with Gasteiger partial charge in [-0.2, -0.15) is 10.2 Å². The summed E-state index contributed by atoms with van der Waals surface area (Å²) in [6.45, 7) is 2.99. The van der Waals surface area contributed by atoms with E-state index in [1.54, 1.807) is 13.0 Å². The Balaban J connectivity index is 1.39. The zero-order valence-electron chi connectivity index (χ0n) is 21.1. The molecule has 0 bridgehead atoms. The van der Waals surface area contributed by atoms with Gasteiger partial charge in [0.2, 0.25) is 0 Å². The monoisotopic (exact) mass is 572 g/mol. The summed E-state index contributed by atoms with van der Waals surface area (Å²) in [5.41, 5.74) is 1.31. The molecule has 0 unspecified atom stereocenters. The summed E-state index contributed by atoms with van der Waals surface area (Å²) < 4.78 is 51.3. The fraction of sp³-hybridized carbons (Fsp3) is 0.308. The number of hydrogen-bond donors (Lipinski definition) is 3. The van der Waals surface area contributed by atoms with E-state index < -0.39 is 54.5 Å². The average Bonchev–Trinajstić information content (AvgIpc) is 3.65. The molecule has 1 saturated heterocycles. The molecule has 40 heavy (non-hydrogen) atoms. The van der Waals surface area contributed by atoms with E-state index in [1.807, 2.05) is 19.1 Å². The third-order valence-electron chi connectivity index (χ3n) is 6.86. The van der Waals surface area contributed by atoms with Crippen molar-refractivity contribution in [3.05, 3.63) is 76.8 Å². The predicted octanol–water partition coefficient (Wildman–Crippen LogP) is 3.17. The van der Waals surface area contributed by atoms with Gasteiger partial charge in [0.25, 0.3) is 0 Å². The van der Waals surface area contributed by atoms with E-state index in [1.165, 1.54) is 33.1 Å². The van der Waals surface area contributed by atoms with Crippen LogP contribution in [0.3, 0.4) is 0 Å². The molecule has 208 valence electrons. The Bertz CT molecular complexity index is 1720. The number of fused-ring (bicyclic) bond motifs is 1. The van der Waals surface area contributed by atoms with Crippen LogP contribution in [-0.2, 0) is 4.74 Å². The van der Waals surface area contributed by atoms with Gasteiger partial charge < -0.3 is 20.1 Å². The van der Waals surface area contributed by atoms with Gasteiger partial charge in [-0.05, 0) is 44.2 Å². The molecule has 5 aromatic rings. The van der Waals surface area contributed by atoms with Crippen molar-refractivity contribution in [3.8, 4) is 16.8 Å². The molecule has 6 rings (SSSR count). The summed E-state index contributed by atoms with van der Waals surface area (Å²) in [4.78, 5) is 8.95. The molecular weight excluding hydrogens is 549 g/mol. The number of ether oxygens (including phenoxy) is 1. The number of benzene rings is 2. The minimum absolute atomic E-state index is 0.0894. The van der Waals surface area contributed by atoms with Crippen molar-refractivity contribution in [1.82, 2.24) is 29.5 Å². The van der Waals surface area contributed by atoms with Crippen LogP contribution >= 0.6 is 11.3 Å². The summed E-state index contributed by atoms with van der Waals surface area (Å²) in [5.74, 6) is -3.74. The van der Waals surface area contributed by atoms with Crippen molar-refractivity contribution in [3.63, 3.8) is 0 Å². The fourth-order valence-corrected chi connectivity index (χ4v) is 5.84. The standard InChI is InChI=1S/C26H23F3N6O4S/c1-11-31-26(35(33-11)14-3-6-17-19(7-14)40-12(2)32-17)25-24(38)22(23(37)18(10-36)39-25)34-9-13(8-30-34)15-4-5-16(27)21(29)20(15)28/h3-9,18,22-25,36-38H,10H2,1-2H3/t18-,22+,23+,24-,25-/m1/s1. The van der Waals surface area contributed by atoms with Crippen LogP contribution in [0.2, 0.25) is 0 Å². The molecule has 0 saturated carbocycles. The van der Waals surface area contributed by atoms with Crippen molar-refractivity contribution >= 4 is 21.6 Å². The van der Waals surface area contributed by atoms with E-state index in [0.717, 1.165) is 27.4 Å². The van der Waals surface area contributed by atoms with E-state index in [0.29, 0.717) is 11.5 Å². The van der Waals surface area contributed by atoms with Gasteiger partial charge in [-0.15, -0.1) is 11.3 Å². The highest BCUT2D eigenvalue weighted by atomic mass is 32.1. The lowest BCUT2D eigenvalue weighted by molar-refractivity contribution is -0.210. The lowest BCUT2D eigenvalue weighted by Gasteiger charge is -2.41. The molecule has 3 aromatic heterocycles. The first kappa shape index (κ1) is 26.5. The predicted molar refractivity (Wildman–Crippen MR) is 137 cm³/mol. The van der Waals surface area contributed by atoms with Gasteiger partial charge in [0.15, 0.2) is 23.3 Å². The average molecular weight is 573 g/mol. The molecule has 10 nitrogen and oxygen atoms in total. The van der Waals surface area contributed by atoms with E-state index >= 15 is 0 Å². The third kappa shape index (κ3) is 4.37. The number of halogens is 3. The molecule has 0 spiro atoms. The SMILES string of the molecule is Cc1nc([C@@H]2O[C@H](CO)[C@H](O)[C@H](n3cc(-c4ccc(F)c(F)c4F)cn3)[C@H]2O)n(-c2ccc3nc(C)sc3c2)n1. The molecule has 5 atom stereocenters. The Morgan fingerprint density at radius 2 is 1.82 bits per heavy atom. The number of aliphatic hydroxyl groups excluding tert-OH is 3. The van der Waals surface area contributed by atoms with E-state index in [-0.39, 0.29) is 17.0 Å². The number of hydrogen-bond acceptors (Lipinski definition) is 9. The van der Waals surface area contributed by atoms with E-state index in [9.17, 15) is 28.5 Å². The summed E-state index contributed by atoms with van der Waals surface area (Å²) in [6.07, 6.45) is -2.72. The van der Waals surface area contributed by atoms with Crippen molar-refractivity contribution in [2.45, 2.75) is 44.3 Å². The Hall–Kier alpha value is -3.69. The normalized spacial score (nSPS) is 23.2. The van der Waals surface area contributed by atoms with Crippen LogP contribution < -0.4 is 0 Å². The lowest BCUT2D eigenvalue weighted by Crippen LogP contribution is -2.53. The fourth-order valence-electron chi connectivity index (χ4n) is 4.98. The van der Waals surface area contributed by atoms with Crippen LogP contribution in [0.25, 0.3) is 27.0 Å². The summed E-state index contributed by atoms with van der Waals surface area (Å²) in [5, 5.41) is 42.0. The maximum absolute atomic E-state index is 14.4. The zero-order chi connectivity index (χ0) is 28.3. The molecule has 0 aliphatic carbocycles. The second-order valence-electron chi connectivity index (χ2n) is 9.50. The highest BCUT2D eigenvalue weighted by Crippen LogP contribution is 2.39. The number of nitrogens with zero attached hydrogens (tertiary/aromatic N) is 6. The minimum atomic E-state index is -1.63. The van der Waals surface area contributed by atoms with Gasteiger partial charge in [0.05, 0.1) is 33.7 Å². The van der Waals surface area contributed by atoms with Crippen LogP contribution in [0.1, 0.15) is 28.8 Å². The van der Waals surface area contributed by atoms with Crippen LogP contribution in [0.5, 0.6) is 0 Å². The maximum atomic E-state index is 14.4. The Morgan fingerprint density at radius 3 is 2.60 bits per heavy atom. The molecule has 14 heteroatoms. The molecule has 4 heterocycles. The number of aromatic nitrogens is 6. The number of rotatable bonds is 5. The van der Waals surface area contributed by atoms with E-state index in [2.05, 4.69) is 20.2 Å². The Labute approximate surface area is 228 Å². The summed E-state index contributed by atoms with van der Waals surface area (Å²) >= 11 is 1.51. The van der Waals surface area contributed by atoms with Crippen LogP contribution in [0.4, 0.5) is 13.2 Å². The quantitative estimate of drug-likeness (QED) is 0.274. The van der Waals surface area contributed by atoms with Crippen molar-refractivity contribution in [2.24, 2.45) is 0 Å². The number of aryl methyl sites for hydroxylation is 2. The van der Waals surface area contributed by atoms with Crippen molar-refractivity contribution < 1.29 is 33.2 Å². The molecule has 1 aliphatic heterocycles. The first-order valence-electron chi connectivity index (χ1n) is 12.3. The van der Waals surface area contributed by atoms with Gasteiger partial charge in [0, 0.05) is 17.3 Å². The molecule has 1 fully saturated rings. The molecule has 1 aliphatic rings. The maximum Gasteiger partial charge on any atom is 0.195 e. The zero-order valence-corrected chi connectivity index (χ0v) is 21.9.